The molecule has 8 nitrogen and oxygen atoms in total. The summed E-state index contributed by atoms with van der Waals surface area (Å²) in [4.78, 5) is 35.6. The number of ether oxygens (including phenoxy) is 1. The summed E-state index contributed by atoms with van der Waals surface area (Å²) in [6.45, 7) is 1.96. The van der Waals surface area contributed by atoms with E-state index in [0.29, 0.717) is 34.1 Å². The van der Waals surface area contributed by atoms with Gasteiger partial charge in [-0.05, 0) is 61.5 Å². The highest BCUT2D eigenvalue weighted by atomic mass is 16.5. The van der Waals surface area contributed by atoms with Gasteiger partial charge < -0.3 is 14.3 Å². The highest BCUT2D eigenvalue weighted by Gasteiger charge is 2.29. The van der Waals surface area contributed by atoms with Crippen molar-refractivity contribution in [3.8, 4) is 11.3 Å². The lowest BCUT2D eigenvalue weighted by Crippen LogP contribution is -2.21. The maximum Gasteiger partial charge on any atom is 0.338 e. The molecule has 2 aromatic carbocycles. The Bertz CT molecular complexity index is 1350. The zero-order valence-corrected chi connectivity index (χ0v) is 16.9. The number of cyclic esters (lactones) is 1. The van der Waals surface area contributed by atoms with Crippen molar-refractivity contribution in [3.05, 3.63) is 82.6 Å². The van der Waals surface area contributed by atoms with Crippen LogP contribution in [-0.2, 0) is 16.1 Å². The molecule has 0 saturated carbocycles. The van der Waals surface area contributed by atoms with Crippen molar-refractivity contribution in [2.75, 3.05) is 5.01 Å². The third-order valence-electron chi connectivity index (χ3n) is 5.30. The Morgan fingerprint density at radius 2 is 1.88 bits per heavy atom. The number of carbonyl (C=O) groups is 3. The van der Waals surface area contributed by atoms with E-state index < -0.39 is 5.97 Å². The van der Waals surface area contributed by atoms with Gasteiger partial charge >= 0.3 is 11.9 Å². The van der Waals surface area contributed by atoms with Crippen LogP contribution in [0.5, 0.6) is 0 Å². The minimum Gasteiger partial charge on any atom is -0.478 e. The molecule has 1 aromatic heterocycles. The van der Waals surface area contributed by atoms with Crippen molar-refractivity contribution in [2.24, 2.45) is 5.10 Å². The molecule has 32 heavy (non-hydrogen) atoms. The Kier molecular flexibility index (Phi) is 4.48. The first-order chi connectivity index (χ1) is 15.4. The van der Waals surface area contributed by atoms with Crippen molar-refractivity contribution in [1.29, 1.82) is 0 Å². The molecule has 2 aliphatic rings. The second kappa shape index (κ2) is 7.35. The Hall–Kier alpha value is -4.46. The molecule has 0 atom stereocenters. The number of nitrogens with zero attached hydrogens (tertiary/aromatic N) is 2. The summed E-state index contributed by atoms with van der Waals surface area (Å²) in [5.41, 5.74) is 3.66. The number of aromatic carboxylic acids is 1. The highest BCUT2D eigenvalue weighted by Crippen LogP contribution is 2.30. The fourth-order valence-electron chi connectivity index (χ4n) is 3.62. The van der Waals surface area contributed by atoms with Gasteiger partial charge in [-0.25, -0.2) is 9.59 Å². The standard InChI is InChI=1S/C24H16N2O6/c1-13-20(22(27)26(25-13)17-5-2-14(3-6-17)23(28)29)11-18-7-9-21(32-18)15-4-8-19-16(10-15)12-31-24(19)30/h2-11H,12H2,1H3,(H,28,29)/b20-11-. The van der Waals surface area contributed by atoms with Gasteiger partial charge in [-0.1, -0.05) is 6.07 Å². The SMILES string of the molecule is CC1=NN(c2ccc(C(=O)O)cc2)C(=O)/C1=C\c1ccc(-c2ccc3c(c2)COC3=O)o1. The van der Waals surface area contributed by atoms with Gasteiger partial charge in [0.25, 0.3) is 5.91 Å². The summed E-state index contributed by atoms with van der Waals surface area (Å²) >= 11 is 0. The second-order valence-corrected chi connectivity index (χ2v) is 7.36. The number of benzene rings is 2. The molecule has 0 unspecified atom stereocenters. The van der Waals surface area contributed by atoms with Crippen LogP contribution >= 0.6 is 0 Å². The lowest BCUT2D eigenvalue weighted by atomic mass is 10.0. The van der Waals surface area contributed by atoms with Crippen LogP contribution in [0.15, 0.2) is 69.7 Å². The van der Waals surface area contributed by atoms with Gasteiger partial charge in [0.2, 0.25) is 0 Å². The van der Waals surface area contributed by atoms with E-state index in [1.54, 1.807) is 37.3 Å². The number of esters is 1. The predicted molar refractivity (Wildman–Crippen MR) is 115 cm³/mol. The van der Waals surface area contributed by atoms with Crippen LogP contribution in [0.1, 0.15) is 39.0 Å². The molecule has 2 aliphatic heterocycles. The summed E-state index contributed by atoms with van der Waals surface area (Å²) < 4.78 is 10.9. The number of hydrogen-bond acceptors (Lipinski definition) is 6. The number of anilines is 1. The molecule has 0 fully saturated rings. The van der Waals surface area contributed by atoms with Gasteiger partial charge in [-0.15, -0.1) is 0 Å². The van der Waals surface area contributed by atoms with E-state index in [1.807, 2.05) is 6.07 Å². The smallest absolute Gasteiger partial charge is 0.338 e. The van der Waals surface area contributed by atoms with E-state index in [0.717, 1.165) is 11.1 Å². The number of carboxylic acids is 1. The number of rotatable bonds is 4. The molecule has 1 N–H and O–H groups in total. The minimum atomic E-state index is -1.04. The number of carboxylic acid groups (broad SMARTS) is 1. The first-order valence-electron chi connectivity index (χ1n) is 9.76. The summed E-state index contributed by atoms with van der Waals surface area (Å²) in [6.07, 6.45) is 1.62. The second-order valence-electron chi connectivity index (χ2n) is 7.36. The molecule has 0 aliphatic carbocycles. The monoisotopic (exact) mass is 428 g/mol. The van der Waals surface area contributed by atoms with Crippen molar-refractivity contribution >= 4 is 35.3 Å². The number of amides is 1. The topological polar surface area (TPSA) is 109 Å². The van der Waals surface area contributed by atoms with Gasteiger partial charge in [0.1, 0.15) is 18.1 Å². The molecular formula is C24H16N2O6. The van der Waals surface area contributed by atoms with Crippen LogP contribution in [0.4, 0.5) is 5.69 Å². The first-order valence-corrected chi connectivity index (χ1v) is 9.76. The third-order valence-corrected chi connectivity index (χ3v) is 5.30. The van der Waals surface area contributed by atoms with Crippen LogP contribution in [0.2, 0.25) is 0 Å². The van der Waals surface area contributed by atoms with Crippen molar-refractivity contribution in [1.82, 2.24) is 0 Å². The Labute approximate surface area is 182 Å². The lowest BCUT2D eigenvalue weighted by molar-refractivity contribution is -0.114. The van der Waals surface area contributed by atoms with Crippen molar-refractivity contribution in [3.63, 3.8) is 0 Å². The summed E-state index contributed by atoms with van der Waals surface area (Å²) in [6, 6.07) is 14.8. The van der Waals surface area contributed by atoms with Gasteiger partial charge in [0.15, 0.2) is 0 Å². The van der Waals surface area contributed by atoms with Gasteiger partial charge in [-0.3, -0.25) is 4.79 Å². The highest BCUT2D eigenvalue weighted by molar-refractivity contribution is 6.32. The van der Waals surface area contributed by atoms with E-state index in [9.17, 15) is 14.4 Å². The van der Waals surface area contributed by atoms with E-state index in [-0.39, 0.29) is 24.0 Å². The quantitative estimate of drug-likeness (QED) is 0.495. The Balaban J connectivity index is 1.40. The summed E-state index contributed by atoms with van der Waals surface area (Å²) in [5.74, 6) is -0.626. The van der Waals surface area contributed by atoms with Crippen LogP contribution in [0, 0.1) is 0 Å². The van der Waals surface area contributed by atoms with Gasteiger partial charge in [0.05, 0.1) is 28.1 Å². The largest absolute Gasteiger partial charge is 0.478 e. The van der Waals surface area contributed by atoms with Crippen LogP contribution in [0.3, 0.4) is 0 Å². The van der Waals surface area contributed by atoms with E-state index >= 15 is 0 Å². The number of carbonyl (C=O) groups excluding carboxylic acids is 2. The number of fused-ring (bicyclic) bond motifs is 1. The third kappa shape index (κ3) is 3.27. The normalized spacial score (nSPS) is 16.3. The van der Waals surface area contributed by atoms with E-state index in [2.05, 4.69) is 5.10 Å². The maximum atomic E-state index is 12.9. The molecule has 3 aromatic rings. The maximum absolute atomic E-state index is 12.9. The van der Waals surface area contributed by atoms with E-state index in [1.165, 1.54) is 29.3 Å². The molecule has 0 radical (unpaired) electrons. The van der Waals surface area contributed by atoms with Crippen molar-refractivity contribution < 1.29 is 28.6 Å². The lowest BCUT2D eigenvalue weighted by Gasteiger charge is -2.11. The number of hydrazone groups is 1. The molecule has 5 rings (SSSR count). The summed E-state index contributed by atoms with van der Waals surface area (Å²) in [7, 11) is 0. The Morgan fingerprint density at radius 1 is 1.09 bits per heavy atom. The van der Waals surface area contributed by atoms with Crippen LogP contribution < -0.4 is 5.01 Å². The molecule has 158 valence electrons. The number of hydrogen-bond donors (Lipinski definition) is 1. The predicted octanol–water partition coefficient (Wildman–Crippen LogP) is 4.12. The fraction of sp³-hybridized carbons (Fsp3) is 0.0833. The molecule has 0 spiro atoms. The van der Waals surface area contributed by atoms with Crippen LogP contribution in [0.25, 0.3) is 17.4 Å². The first kappa shape index (κ1) is 19.5. The van der Waals surface area contributed by atoms with Crippen molar-refractivity contribution in [2.45, 2.75) is 13.5 Å². The van der Waals surface area contributed by atoms with Gasteiger partial charge in [0, 0.05) is 11.1 Å². The molecular weight excluding hydrogens is 412 g/mol. The Morgan fingerprint density at radius 3 is 2.62 bits per heavy atom. The average molecular weight is 428 g/mol. The zero-order chi connectivity index (χ0) is 22.4. The molecule has 8 heteroatoms. The van der Waals surface area contributed by atoms with E-state index in [4.69, 9.17) is 14.3 Å². The molecule has 0 saturated heterocycles. The molecule has 1 amide bonds. The van der Waals surface area contributed by atoms with Crippen LogP contribution in [-0.4, -0.2) is 28.7 Å². The van der Waals surface area contributed by atoms with Gasteiger partial charge in [-0.2, -0.15) is 10.1 Å². The average Bonchev–Trinajstić information content (AvgIpc) is 3.48. The minimum absolute atomic E-state index is 0.127. The number of furan rings is 1. The molecule has 3 heterocycles. The summed E-state index contributed by atoms with van der Waals surface area (Å²) in [5, 5.41) is 14.6. The fourth-order valence-corrected chi connectivity index (χ4v) is 3.62. The zero-order valence-electron chi connectivity index (χ0n) is 16.9. The molecule has 0 bridgehead atoms.